The quantitative estimate of drug-likeness (QED) is 0.313. The third-order valence-electron chi connectivity index (χ3n) is 4.58. The highest BCUT2D eigenvalue weighted by Gasteiger charge is 2.14. The molecule has 9 heteroatoms. The maximum atomic E-state index is 12.4. The fourth-order valence-electron chi connectivity index (χ4n) is 2.93. The Bertz CT molecular complexity index is 1080. The van der Waals surface area contributed by atoms with E-state index in [9.17, 15) is 9.59 Å². The van der Waals surface area contributed by atoms with E-state index >= 15 is 0 Å². The highest BCUT2D eigenvalue weighted by Crippen LogP contribution is 2.25. The van der Waals surface area contributed by atoms with Gasteiger partial charge in [0.2, 0.25) is 5.91 Å². The minimum Gasteiger partial charge on any atom is -0.459 e. The molecule has 0 saturated heterocycles. The number of nitrogens with zero attached hydrogens (tertiary/aromatic N) is 3. The molecule has 0 spiro atoms. The Kier molecular flexibility index (Phi) is 8.96. The molecule has 2 aromatic carbocycles. The van der Waals surface area contributed by atoms with Crippen LogP contribution in [0.25, 0.3) is 0 Å². The Morgan fingerprint density at radius 2 is 1.73 bits per heavy atom. The van der Waals surface area contributed by atoms with Crippen LogP contribution < -0.4 is 5.32 Å². The van der Waals surface area contributed by atoms with Crippen molar-refractivity contribution in [1.82, 2.24) is 14.8 Å². The average molecular weight is 485 g/mol. The van der Waals surface area contributed by atoms with Crippen molar-refractivity contribution < 1.29 is 14.3 Å². The second-order valence-corrected chi connectivity index (χ2v) is 9.60. The van der Waals surface area contributed by atoms with E-state index in [1.807, 2.05) is 11.5 Å². The van der Waals surface area contributed by atoms with Gasteiger partial charge in [-0.05, 0) is 64.1 Å². The number of anilines is 1. The van der Waals surface area contributed by atoms with E-state index < -0.39 is 0 Å². The largest absolute Gasteiger partial charge is 0.459 e. The molecule has 0 unspecified atom stereocenters. The first kappa shape index (κ1) is 24.9. The molecule has 0 aliphatic rings. The number of nitrogens with one attached hydrogen (secondary N) is 1. The van der Waals surface area contributed by atoms with Crippen LogP contribution >= 0.6 is 23.5 Å². The molecule has 174 valence electrons. The maximum absolute atomic E-state index is 12.4. The Hall–Kier alpha value is -2.78. The molecular weight excluding hydrogens is 456 g/mol. The number of hydrogen-bond acceptors (Lipinski definition) is 7. The number of thioether (sulfide) groups is 2. The molecule has 0 bridgehead atoms. The van der Waals surface area contributed by atoms with Gasteiger partial charge in [-0.15, -0.1) is 22.0 Å². The fraction of sp³-hybridized carbons (Fsp3) is 0.333. The Labute approximate surface area is 202 Å². The summed E-state index contributed by atoms with van der Waals surface area (Å²) in [4.78, 5) is 25.5. The Morgan fingerprint density at radius 1 is 1.03 bits per heavy atom. The summed E-state index contributed by atoms with van der Waals surface area (Å²) in [6, 6.07) is 15.1. The number of benzene rings is 2. The van der Waals surface area contributed by atoms with Gasteiger partial charge in [0.25, 0.3) is 0 Å². The number of hydrogen-bond donors (Lipinski definition) is 1. The number of esters is 1. The summed E-state index contributed by atoms with van der Waals surface area (Å²) in [6.45, 7) is 8.44. The summed E-state index contributed by atoms with van der Waals surface area (Å²) in [6.07, 6.45) is -0.180. The van der Waals surface area contributed by atoms with E-state index in [2.05, 4.69) is 46.7 Å². The molecule has 33 heavy (non-hydrogen) atoms. The van der Waals surface area contributed by atoms with Crippen LogP contribution in [0.1, 0.15) is 42.5 Å². The van der Waals surface area contributed by atoms with Crippen molar-refractivity contribution in [3.8, 4) is 0 Å². The second-order valence-electron chi connectivity index (χ2n) is 7.61. The normalized spacial score (nSPS) is 10.9. The van der Waals surface area contributed by atoms with Crippen LogP contribution in [0.3, 0.4) is 0 Å². The molecule has 0 fully saturated rings. The zero-order valence-corrected chi connectivity index (χ0v) is 20.8. The SMILES string of the molecule is CCn1c(CSc2ccc(C)cc2)nnc1SCC(=O)Nc1ccc(C(=O)OC(C)C)cc1. The smallest absolute Gasteiger partial charge is 0.338 e. The molecule has 0 saturated carbocycles. The van der Waals surface area contributed by atoms with Gasteiger partial charge in [-0.3, -0.25) is 4.79 Å². The maximum Gasteiger partial charge on any atom is 0.338 e. The number of ether oxygens (including phenoxy) is 1. The lowest BCUT2D eigenvalue weighted by molar-refractivity contribution is -0.113. The summed E-state index contributed by atoms with van der Waals surface area (Å²) in [5.41, 5.74) is 2.30. The topological polar surface area (TPSA) is 86.1 Å². The standard InChI is InChI=1S/C24H28N4O3S2/c1-5-28-21(14-32-20-12-6-17(4)7-13-20)26-27-24(28)33-15-22(29)25-19-10-8-18(9-11-19)23(30)31-16(2)3/h6-13,16H,5,14-15H2,1-4H3,(H,25,29). The number of aromatic nitrogens is 3. The predicted octanol–water partition coefficient (Wildman–Crippen LogP) is 5.19. The van der Waals surface area contributed by atoms with Crippen LogP contribution in [-0.4, -0.2) is 38.5 Å². The zero-order valence-electron chi connectivity index (χ0n) is 19.2. The first-order valence-electron chi connectivity index (χ1n) is 10.7. The van der Waals surface area contributed by atoms with Gasteiger partial charge in [0.1, 0.15) is 5.82 Å². The van der Waals surface area contributed by atoms with Crippen LogP contribution in [0, 0.1) is 6.92 Å². The molecule has 3 rings (SSSR count). The number of aryl methyl sites for hydroxylation is 1. The van der Waals surface area contributed by atoms with E-state index in [4.69, 9.17) is 4.74 Å². The summed E-state index contributed by atoms with van der Waals surface area (Å²) in [7, 11) is 0. The fourth-order valence-corrected chi connectivity index (χ4v) is 4.59. The molecule has 0 aliphatic carbocycles. The Balaban J connectivity index is 1.52. The van der Waals surface area contributed by atoms with Gasteiger partial charge < -0.3 is 14.6 Å². The molecule has 1 N–H and O–H groups in total. The van der Waals surface area contributed by atoms with E-state index in [0.717, 1.165) is 17.5 Å². The van der Waals surface area contributed by atoms with Crippen molar-refractivity contribution in [2.75, 3.05) is 11.1 Å². The third kappa shape index (κ3) is 7.36. The van der Waals surface area contributed by atoms with Gasteiger partial charge in [-0.25, -0.2) is 4.79 Å². The molecule has 0 atom stereocenters. The third-order valence-corrected chi connectivity index (χ3v) is 6.55. The van der Waals surface area contributed by atoms with Gasteiger partial charge in [-0.2, -0.15) is 0 Å². The number of carbonyl (C=O) groups is 2. The number of rotatable bonds is 10. The van der Waals surface area contributed by atoms with Crippen molar-refractivity contribution in [1.29, 1.82) is 0 Å². The van der Waals surface area contributed by atoms with Gasteiger partial charge in [0, 0.05) is 17.1 Å². The average Bonchev–Trinajstić information content (AvgIpc) is 3.19. The van der Waals surface area contributed by atoms with Gasteiger partial charge in [0.05, 0.1) is 23.2 Å². The highest BCUT2D eigenvalue weighted by molar-refractivity contribution is 7.99. The number of amides is 1. The Morgan fingerprint density at radius 3 is 2.36 bits per heavy atom. The van der Waals surface area contributed by atoms with E-state index in [1.165, 1.54) is 22.2 Å². The van der Waals surface area contributed by atoms with Crippen LogP contribution in [0.15, 0.2) is 58.6 Å². The summed E-state index contributed by atoms with van der Waals surface area (Å²) in [5.74, 6) is 1.27. The van der Waals surface area contributed by atoms with Crippen LogP contribution in [-0.2, 0) is 21.8 Å². The summed E-state index contributed by atoms with van der Waals surface area (Å²) in [5, 5.41) is 12.2. The predicted molar refractivity (Wildman–Crippen MR) is 133 cm³/mol. The van der Waals surface area contributed by atoms with Crippen molar-refractivity contribution >= 4 is 41.1 Å². The lowest BCUT2D eigenvalue weighted by Crippen LogP contribution is -2.15. The minimum atomic E-state index is -0.381. The zero-order chi connectivity index (χ0) is 23.8. The summed E-state index contributed by atoms with van der Waals surface area (Å²) < 4.78 is 7.21. The first-order valence-corrected chi connectivity index (χ1v) is 12.7. The molecular formula is C24H28N4O3S2. The lowest BCUT2D eigenvalue weighted by atomic mass is 10.2. The van der Waals surface area contributed by atoms with E-state index in [0.29, 0.717) is 17.0 Å². The highest BCUT2D eigenvalue weighted by atomic mass is 32.2. The van der Waals surface area contributed by atoms with E-state index in [1.54, 1.807) is 49.9 Å². The van der Waals surface area contributed by atoms with Gasteiger partial charge in [0.15, 0.2) is 5.16 Å². The molecule has 1 aromatic heterocycles. The molecule has 1 heterocycles. The summed E-state index contributed by atoms with van der Waals surface area (Å²) >= 11 is 3.06. The molecule has 3 aromatic rings. The van der Waals surface area contributed by atoms with Crippen molar-refractivity contribution in [2.24, 2.45) is 0 Å². The van der Waals surface area contributed by atoms with Crippen LogP contribution in [0.2, 0.25) is 0 Å². The number of carbonyl (C=O) groups excluding carboxylic acids is 2. The van der Waals surface area contributed by atoms with Crippen LogP contribution in [0.4, 0.5) is 5.69 Å². The van der Waals surface area contributed by atoms with Gasteiger partial charge in [-0.1, -0.05) is 29.5 Å². The lowest BCUT2D eigenvalue weighted by Gasteiger charge is -2.09. The first-order chi connectivity index (χ1) is 15.9. The van der Waals surface area contributed by atoms with Crippen molar-refractivity contribution in [3.05, 3.63) is 65.5 Å². The molecule has 0 radical (unpaired) electrons. The van der Waals surface area contributed by atoms with Crippen molar-refractivity contribution in [3.63, 3.8) is 0 Å². The molecule has 0 aliphatic heterocycles. The molecule has 7 nitrogen and oxygen atoms in total. The van der Waals surface area contributed by atoms with E-state index in [-0.39, 0.29) is 23.7 Å². The minimum absolute atomic E-state index is 0.154. The van der Waals surface area contributed by atoms with Crippen molar-refractivity contribution in [2.45, 2.75) is 56.1 Å². The second kappa shape index (κ2) is 11.9. The monoisotopic (exact) mass is 484 g/mol. The van der Waals surface area contributed by atoms with Gasteiger partial charge >= 0.3 is 5.97 Å². The molecule has 1 amide bonds. The van der Waals surface area contributed by atoms with Crippen LogP contribution in [0.5, 0.6) is 0 Å².